The number of nitriles is 1. The fourth-order valence-corrected chi connectivity index (χ4v) is 1.34. The minimum atomic E-state index is -4.56. The zero-order valence-electron chi connectivity index (χ0n) is 9.84. The van der Waals surface area contributed by atoms with Gasteiger partial charge in [0.2, 0.25) is 5.91 Å². The Hall–Kier alpha value is -2.36. The maximum atomic E-state index is 12.4. The smallest absolute Gasteiger partial charge is 0.325 e. The molecule has 0 aliphatic carbocycles. The van der Waals surface area contributed by atoms with Gasteiger partial charge in [-0.1, -0.05) is 0 Å². The first-order chi connectivity index (χ1) is 8.74. The normalized spacial score (nSPS) is 10.7. The fourth-order valence-electron chi connectivity index (χ4n) is 1.34. The van der Waals surface area contributed by atoms with E-state index in [0.29, 0.717) is 6.07 Å². The number of halogens is 3. The van der Waals surface area contributed by atoms with Gasteiger partial charge in [-0.25, -0.2) is 0 Å². The molecule has 0 radical (unpaired) electrons. The zero-order chi connectivity index (χ0) is 14.6. The standard InChI is InChI=1S/C12H9F3N2O2/c1-7(18)4-11(19)17-10-3-2-9(12(13,14)15)5-8(10)6-16/h2-3,5H,4H2,1H3,(H,17,19). The molecule has 0 saturated heterocycles. The number of nitrogens with zero attached hydrogens (tertiary/aromatic N) is 1. The lowest BCUT2D eigenvalue weighted by molar-refractivity contribution is -0.137. The predicted molar refractivity (Wildman–Crippen MR) is 60.1 cm³/mol. The summed E-state index contributed by atoms with van der Waals surface area (Å²) in [6.07, 6.45) is -4.96. The quantitative estimate of drug-likeness (QED) is 0.858. The van der Waals surface area contributed by atoms with Crippen molar-refractivity contribution < 1.29 is 22.8 Å². The van der Waals surface area contributed by atoms with Crippen molar-refractivity contribution in [1.29, 1.82) is 5.26 Å². The molecule has 1 amide bonds. The molecule has 4 nitrogen and oxygen atoms in total. The topological polar surface area (TPSA) is 70.0 Å². The molecule has 7 heteroatoms. The Morgan fingerprint density at radius 1 is 1.37 bits per heavy atom. The van der Waals surface area contributed by atoms with Gasteiger partial charge in [-0.05, 0) is 25.1 Å². The first-order valence-electron chi connectivity index (χ1n) is 5.14. The van der Waals surface area contributed by atoms with Gasteiger partial charge in [-0.3, -0.25) is 9.59 Å². The number of alkyl halides is 3. The molecule has 0 heterocycles. The third kappa shape index (κ3) is 4.10. The van der Waals surface area contributed by atoms with E-state index >= 15 is 0 Å². The van der Waals surface area contributed by atoms with Crippen LogP contribution in [0.25, 0.3) is 0 Å². The number of benzene rings is 1. The maximum absolute atomic E-state index is 12.4. The summed E-state index contributed by atoms with van der Waals surface area (Å²) in [6.45, 7) is 1.21. The lowest BCUT2D eigenvalue weighted by Crippen LogP contribution is -2.16. The highest BCUT2D eigenvalue weighted by Gasteiger charge is 2.31. The second-order valence-electron chi connectivity index (χ2n) is 3.80. The number of anilines is 1. The molecule has 19 heavy (non-hydrogen) atoms. The monoisotopic (exact) mass is 270 g/mol. The van der Waals surface area contributed by atoms with Crippen LogP contribution < -0.4 is 5.32 Å². The third-order valence-electron chi connectivity index (χ3n) is 2.15. The number of hydrogen-bond acceptors (Lipinski definition) is 3. The number of Topliss-reactive ketones (excluding diaryl/α,β-unsaturated/α-hetero) is 1. The van der Waals surface area contributed by atoms with Crippen LogP contribution in [-0.2, 0) is 15.8 Å². The van der Waals surface area contributed by atoms with E-state index in [9.17, 15) is 22.8 Å². The Kier molecular flexibility index (Phi) is 4.27. The van der Waals surface area contributed by atoms with Crippen LogP contribution in [0.15, 0.2) is 18.2 Å². The SMILES string of the molecule is CC(=O)CC(=O)Nc1ccc(C(F)(F)F)cc1C#N. The van der Waals surface area contributed by atoms with Gasteiger partial charge in [-0.2, -0.15) is 18.4 Å². The van der Waals surface area contributed by atoms with E-state index in [2.05, 4.69) is 5.32 Å². The number of nitrogens with one attached hydrogen (secondary N) is 1. The molecule has 1 aromatic rings. The Labute approximate surface area is 106 Å². The number of ketones is 1. The molecule has 1 rings (SSSR count). The van der Waals surface area contributed by atoms with Crippen LogP contribution in [-0.4, -0.2) is 11.7 Å². The average Bonchev–Trinajstić information content (AvgIpc) is 2.26. The summed E-state index contributed by atoms with van der Waals surface area (Å²) in [4.78, 5) is 22.0. The molecule has 0 aromatic heterocycles. The number of carbonyl (C=O) groups excluding carboxylic acids is 2. The van der Waals surface area contributed by atoms with Crippen LogP contribution in [0, 0.1) is 11.3 Å². The molecular weight excluding hydrogens is 261 g/mol. The summed E-state index contributed by atoms with van der Waals surface area (Å²) >= 11 is 0. The number of carbonyl (C=O) groups is 2. The van der Waals surface area contributed by atoms with E-state index in [0.717, 1.165) is 12.1 Å². The van der Waals surface area contributed by atoms with Crippen molar-refractivity contribution in [3.8, 4) is 6.07 Å². The molecule has 0 unspecified atom stereocenters. The van der Waals surface area contributed by atoms with Crippen LogP contribution in [0.1, 0.15) is 24.5 Å². The number of amides is 1. The number of hydrogen-bond donors (Lipinski definition) is 1. The highest BCUT2D eigenvalue weighted by molar-refractivity contribution is 6.04. The van der Waals surface area contributed by atoms with Gasteiger partial charge in [-0.15, -0.1) is 0 Å². The molecule has 100 valence electrons. The Bertz CT molecular complexity index is 559. The molecule has 0 bridgehead atoms. The fraction of sp³-hybridized carbons (Fsp3) is 0.250. The minimum Gasteiger partial charge on any atom is -0.325 e. The predicted octanol–water partition coefficient (Wildman–Crippen LogP) is 2.49. The summed E-state index contributed by atoms with van der Waals surface area (Å²) in [6, 6.07) is 3.95. The molecule has 0 atom stereocenters. The van der Waals surface area contributed by atoms with E-state index in [1.807, 2.05) is 0 Å². The van der Waals surface area contributed by atoms with E-state index in [4.69, 9.17) is 5.26 Å². The van der Waals surface area contributed by atoms with Crippen molar-refractivity contribution in [3.05, 3.63) is 29.3 Å². The molecular formula is C12H9F3N2O2. The van der Waals surface area contributed by atoms with Gasteiger partial charge < -0.3 is 5.32 Å². The first kappa shape index (κ1) is 14.7. The largest absolute Gasteiger partial charge is 0.416 e. The lowest BCUT2D eigenvalue weighted by Gasteiger charge is -2.10. The van der Waals surface area contributed by atoms with Crippen LogP contribution in [0.2, 0.25) is 0 Å². The molecule has 1 N–H and O–H groups in total. The van der Waals surface area contributed by atoms with Crippen LogP contribution in [0.3, 0.4) is 0 Å². The van der Waals surface area contributed by atoms with Crippen molar-refractivity contribution >= 4 is 17.4 Å². The van der Waals surface area contributed by atoms with E-state index in [-0.39, 0.29) is 17.0 Å². The van der Waals surface area contributed by atoms with Crippen LogP contribution >= 0.6 is 0 Å². The summed E-state index contributed by atoms with van der Waals surface area (Å²) in [7, 11) is 0. The van der Waals surface area contributed by atoms with Crippen LogP contribution in [0.4, 0.5) is 18.9 Å². The van der Waals surface area contributed by atoms with Crippen molar-refractivity contribution in [1.82, 2.24) is 0 Å². The zero-order valence-corrected chi connectivity index (χ0v) is 9.84. The Balaban J connectivity index is 3.01. The average molecular weight is 270 g/mol. The van der Waals surface area contributed by atoms with Gasteiger partial charge in [0.25, 0.3) is 0 Å². The van der Waals surface area contributed by atoms with E-state index < -0.39 is 24.1 Å². The van der Waals surface area contributed by atoms with Gasteiger partial charge in [0.1, 0.15) is 11.9 Å². The Morgan fingerprint density at radius 2 is 2.00 bits per heavy atom. The summed E-state index contributed by atoms with van der Waals surface area (Å²) in [5.74, 6) is -1.06. The Morgan fingerprint density at radius 3 is 2.47 bits per heavy atom. The molecule has 0 aliphatic rings. The van der Waals surface area contributed by atoms with Gasteiger partial charge in [0.05, 0.1) is 23.2 Å². The second kappa shape index (κ2) is 5.52. The second-order valence-corrected chi connectivity index (χ2v) is 3.80. The maximum Gasteiger partial charge on any atom is 0.416 e. The first-order valence-corrected chi connectivity index (χ1v) is 5.14. The molecule has 1 aromatic carbocycles. The summed E-state index contributed by atoms with van der Waals surface area (Å²) in [5, 5.41) is 11.0. The highest BCUT2D eigenvalue weighted by atomic mass is 19.4. The van der Waals surface area contributed by atoms with Crippen LogP contribution in [0.5, 0.6) is 0 Å². The summed E-state index contributed by atoms with van der Waals surface area (Å²) in [5.41, 5.74) is -1.35. The van der Waals surface area contributed by atoms with Gasteiger partial charge in [0.15, 0.2) is 0 Å². The van der Waals surface area contributed by atoms with Crippen molar-refractivity contribution in [2.45, 2.75) is 19.5 Å². The molecule has 0 saturated carbocycles. The number of rotatable bonds is 3. The minimum absolute atomic E-state index is 0.0539. The highest BCUT2D eigenvalue weighted by Crippen LogP contribution is 2.31. The van der Waals surface area contributed by atoms with E-state index in [1.165, 1.54) is 6.92 Å². The molecule has 0 aliphatic heterocycles. The summed E-state index contributed by atoms with van der Waals surface area (Å²) < 4.78 is 37.3. The van der Waals surface area contributed by atoms with Gasteiger partial charge >= 0.3 is 6.18 Å². The van der Waals surface area contributed by atoms with Crippen molar-refractivity contribution in [3.63, 3.8) is 0 Å². The van der Waals surface area contributed by atoms with Crippen molar-refractivity contribution in [2.24, 2.45) is 0 Å². The lowest BCUT2D eigenvalue weighted by atomic mass is 10.1. The van der Waals surface area contributed by atoms with Crippen molar-refractivity contribution in [2.75, 3.05) is 5.32 Å². The van der Waals surface area contributed by atoms with Gasteiger partial charge in [0, 0.05) is 0 Å². The molecule has 0 fully saturated rings. The van der Waals surface area contributed by atoms with E-state index in [1.54, 1.807) is 6.07 Å². The molecule has 0 spiro atoms. The third-order valence-corrected chi connectivity index (χ3v) is 2.15.